The third-order valence-electron chi connectivity index (χ3n) is 2.35. The van der Waals surface area contributed by atoms with Crippen LogP contribution in [0.25, 0.3) is 0 Å². The molecule has 0 heterocycles. The van der Waals surface area contributed by atoms with Crippen LogP contribution in [-0.2, 0) is 16.0 Å². The first kappa shape index (κ1) is 14.0. The van der Waals surface area contributed by atoms with Crippen molar-refractivity contribution in [2.24, 2.45) is 5.73 Å². The Kier molecular flexibility index (Phi) is 3.83. The highest BCUT2D eigenvalue weighted by Crippen LogP contribution is 2.31. The molecule has 0 saturated heterocycles. The highest BCUT2D eigenvalue weighted by Gasteiger charge is 2.32. The van der Waals surface area contributed by atoms with Crippen LogP contribution in [0.2, 0.25) is 0 Å². The summed E-state index contributed by atoms with van der Waals surface area (Å²) in [6, 6.07) is 3.66. The summed E-state index contributed by atoms with van der Waals surface area (Å²) >= 11 is 0. The Balaban J connectivity index is 3.26. The van der Waals surface area contributed by atoms with E-state index in [0.717, 1.165) is 18.2 Å². The van der Waals surface area contributed by atoms with Gasteiger partial charge in [-0.25, -0.2) is 8.42 Å². The zero-order chi connectivity index (χ0) is 13.3. The quantitative estimate of drug-likeness (QED) is 0.908. The molecule has 2 N–H and O–H groups in total. The third-order valence-corrected chi connectivity index (χ3v) is 4.51. The van der Waals surface area contributed by atoms with Crippen molar-refractivity contribution in [3.05, 3.63) is 29.8 Å². The van der Waals surface area contributed by atoms with Gasteiger partial charge in [0.2, 0.25) is 0 Å². The lowest BCUT2D eigenvalue weighted by atomic mass is 10.2. The molecule has 0 spiro atoms. The first-order chi connectivity index (χ1) is 7.69. The smallest absolute Gasteiger partial charge is 0.329 e. The van der Waals surface area contributed by atoms with Gasteiger partial charge in [-0.05, 0) is 25.1 Å². The normalized spacial score (nSPS) is 14.6. The van der Waals surface area contributed by atoms with E-state index >= 15 is 0 Å². The van der Waals surface area contributed by atoms with Crippen LogP contribution in [0, 0.1) is 0 Å². The lowest BCUT2D eigenvalue weighted by molar-refractivity contribution is -0.137. The minimum Gasteiger partial charge on any atom is -0.329 e. The van der Waals surface area contributed by atoms with E-state index in [1.165, 1.54) is 6.92 Å². The van der Waals surface area contributed by atoms with Crippen LogP contribution in [0.3, 0.4) is 0 Å². The van der Waals surface area contributed by atoms with Gasteiger partial charge >= 0.3 is 6.18 Å². The molecule has 3 nitrogen and oxygen atoms in total. The van der Waals surface area contributed by atoms with Crippen LogP contribution in [-0.4, -0.2) is 20.2 Å². The van der Waals surface area contributed by atoms with Crippen molar-refractivity contribution in [3.8, 4) is 0 Å². The first-order valence-corrected chi connectivity index (χ1v) is 6.35. The number of hydrogen-bond donors (Lipinski definition) is 1. The van der Waals surface area contributed by atoms with Gasteiger partial charge in [0.1, 0.15) is 0 Å². The minimum absolute atomic E-state index is 0.140. The van der Waals surface area contributed by atoms with E-state index in [2.05, 4.69) is 0 Å². The van der Waals surface area contributed by atoms with Gasteiger partial charge in [-0.3, -0.25) is 0 Å². The number of sulfone groups is 1. The summed E-state index contributed by atoms with van der Waals surface area (Å²) in [5.74, 6) is 0. The van der Waals surface area contributed by atoms with Crippen molar-refractivity contribution in [2.45, 2.75) is 23.2 Å². The lowest BCUT2D eigenvalue weighted by Gasteiger charge is -2.12. The Morgan fingerprint density at radius 3 is 2.41 bits per heavy atom. The van der Waals surface area contributed by atoms with Crippen LogP contribution in [0.4, 0.5) is 13.2 Å². The topological polar surface area (TPSA) is 60.2 Å². The molecule has 0 bridgehead atoms. The molecule has 0 aliphatic carbocycles. The molecule has 0 radical (unpaired) electrons. The largest absolute Gasteiger partial charge is 0.416 e. The molecular weight excluding hydrogens is 255 g/mol. The monoisotopic (exact) mass is 267 g/mol. The SMILES string of the molecule is CC(CN)S(=O)(=O)c1cccc(C(F)(F)F)c1. The van der Waals surface area contributed by atoms with Gasteiger partial charge < -0.3 is 5.73 Å². The number of halogens is 3. The molecule has 1 aromatic rings. The molecular formula is C10H12F3NO2S. The maximum absolute atomic E-state index is 12.4. The molecule has 0 aromatic heterocycles. The zero-order valence-electron chi connectivity index (χ0n) is 9.03. The summed E-state index contributed by atoms with van der Waals surface area (Å²) in [5.41, 5.74) is 4.23. The Labute approximate surface area is 97.4 Å². The fraction of sp³-hybridized carbons (Fsp3) is 0.400. The number of benzene rings is 1. The fourth-order valence-electron chi connectivity index (χ4n) is 1.21. The summed E-state index contributed by atoms with van der Waals surface area (Å²) < 4.78 is 60.8. The summed E-state index contributed by atoms with van der Waals surface area (Å²) in [7, 11) is -3.80. The van der Waals surface area contributed by atoms with Crippen molar-refractivity contribution in [1.82, 2.24) is 0 Å². The van der Waals surface area contributed by atoms with Crippen molar-refractivity contribution in [2.75, 3.05) is 6.54 Å². The second kappa shape index (κ2) is 4.66. The molecule has 1 aromatic carbocycles. The number of alkyl halides is 3. The predicted octanol–water partition coefficient (Wildman–Crippen LogP) is 1.83. The fourth-order valence-corrected chi connectivity index (χ4v) is 2.49. The minimum atomic E-state index is -4.56. The second-order valence-corrected chi connectivity index (χ2v) is 5.98. The lowest BCUT2D eigenvalue weighted by Crippen LogP contribution is -2.26. The second-order valence-electron chi connectivity index (χ2n) is 3.62. The van der Waals surface area contributed by atoms with E-state index in [0.29, 0.717) is 6.07 Å². The average Bonchev–Trinajstić information content (AvgIpc) is 2.27. The molecule has 96 valence electrons. The summed E-state index contributed by atoms with van der Waals surface area (Å²) in [6.45, 7) is 1.22. The average molecular weight is 267 g/mol. The van der Waals surface area contributed by atoms with E-state index in [9.17, 15) is 21.6 Å². The number of nitrogens with two attached hydrogens (primary N) is 1. The molecule has 1 atom stereocenters. The van der Waals surface area contributed by atoms with Gasteiger partial charge in [0, 0.05) is 6.54 Å². The van der Waals surface area contributed by atoms with Crippen molar-refractivity contribution in [1.29, 1.82) is 0 Å². The van der Waals surface area contributed by atoms with Crippen molar-refractivity contribution < 1.29 is 21.6 Å². The molecule has 0 saturated carbocycles. The van der Waals surface area contributed by atoms with Gasteiger partial charge in [-0.1, -0.05) is 6.07 Å². The van der Waals surface area contributed by atoms with E-state index in [-0.39, 0.29) is 11.4 Å². The molecule has 17 heavy (non-hydrogen) atoms. The van der Waals surface area contributed by atoms with Crippen LogP contribution < -0.4 is 5.73 Å². The van der Waals surface area contributed by atoms with E-state index < -0.39 is 26.8 Å². The van der Waals surface area contributed by atoms with E-state index in [1.54, 1.807) is 0 Å². The highest BCUT2D eigenvalue weighted by atomic mass is 32.2. The van der Waals surface area contributed by atoms with Gasteiger partial charge in [-0.15, -0.1) is 0 Å². The molecule has 0 amide bonds. The van der Waals surface area contributed by atoms with Crippen LogP contribution in [0.5, 0.6) is 0 Å². The van der Waals surface area contributed by atoms with Gasteiger partial charge in [-0.2, -0.15) is 13.2 Å². The van der Waals surface area contributed by atoms with E-state index in [1.807, 2.05) is 0 Å². The maximum Gasteiger partial charge on any atom is 0.416 e. The summed E-state index contributed by atoms with van der Waals surface area (Å²) in [4.78, 5) is -0.356. The standard InChI is InChI=1S/C10H12F3NO2S/c1-7(6-14)17(15,16)9-4-2-3-8(5-9)10(11,12)13/h2-5,7H,6,14H2,1H3. The Morgan fingerprint density at radius 2 is 1.94 bits per heavy atom. The Hall–Kier alpha value is -1.08. The van der Waals surface area contributed by atoms with Crippen LogP contribution in [0.15, 0.2) is 29.2 Å². The molecule has 0 aliphatic heterocycles. The van der Waals surface area contributed by atoms with Gasteiger partial charge in [0.05, 0.1) is 15.7 Å². The van der Waals surface area contributed by atoms with Crippen LogP contribution in [0.1, 0.15) is 12.5 Å². The summed E-state index contributed by atoms with van der Waals surface area (Å²) in [6.07, 6.45) is -4.56. The third kappa shape index (κ3) is 2.98. The number of hydrogen-bond acceptors (Lipinski definition) is 3. The van der Waals surface area contributed by atoms with Crippen LogP contribution >= 0.6 is 0 Å². The zero-order valence-corrected chi connectivity index (χ0v) is 9.85. The Bertz CT molecular complexity index is 497. The van der Waals surface area contributed by atoms with Gasteiger partial charge in [0.25, 0.3) is 0 Å². The first-order valence-electron chi connectivity index (χ1n) is 4.81. The number of rotatable bonds is 3. The van der Waals surface area contributed by atoms with Gasteiger partial charge in [0.15, 0.2) is 9.84 Å². The van der Waals surface area contributed by atoms with E-state index in [4.69, 9.17) is 5.73 Å². The van der Waals surface area contributed by atoms with Crippen molar-refractivity contribution >= 4 is 9.84 Å². The molecule has 0 fully saturated rings. The molecule has 7 heteroatoms. The highest BCUT2D eigenvalue weighted by molar-refractivity contribution is 7.92. The molecule has 0 aliphatic rings. The Morgan fingerprint density at radius 1 is 1.35 bits per heavy atom. The molecule has 1 rings (SSSR count). The predicted molar refractivity (Wildman–Crippen MR) is 57.1 cm³/mol. The maximum atomic E-state index is 12.4. The molecule has 1 unspecified atom stereocenters. The summed E-state index contributed by atoms with van der Waals surface area (Å²) in [5, 5.41) is -0.911. The van der Waals surface area contributed by atoms with Crippen molar-refractivity contribution in [3.63, 3.8) is 0 Å².